The number of thiazole rings is 1. The van der Waals surface area contributed by atoms with E-state index in [1.165, 1.54) is 17.6 Å². The summed E-state index contributed by atoms with van der Waals surface area (Å²) in [5.41, 5.74) is 4.05. The van der Waals surface area contributed by atoms with Gasteiger partial charge in [0.25, 0.3) is 0 Å². The van der Waals surface area contributed by atoms with Gasteiger partial charge in [-0.25, -0.2) is 13.4 Å². The summed E-state index contributed by atoms with van der Waals surface area (Å²) in [6, 6.07) is 25.4. The van der Waals surface area contributed by atoms with Crippen LogP contribution in [0, 0.1) is 16.7 Å². The predicted molar refractivity (Wildman–Crippen MR) is 147 cm³/mol. The molecular weight excluding hydrogens is 514 g/mol. The van der Waals surface area contributed by atoms with E-state index >= 15 is 0 Å². The minimum absolute atomic E-state index is 0.149. The molecule has 0 spiro atoms. The molecule has 4 aromatic rings. The molecule has 0 fully saturated rings. The standard InChI is InChI=1S/C30H25N3O3S2/c1-29(17-30(18-31)24-9-5-3-7-22(24)26(29)23-8-4-6-10-25(23)30)27(34)33-28-32-20(16-37-28)15-19-11-13-21(14-12-19)38(2,35)36/h3-14,16,26H,15,17H2,1-2H3,(H,32,33,34). The molecule has 0 saturated heterocycles. The van der Waals surface area contributed by atoms with Gasteiger partial charge in [-0.2, -0.15) is 5.26 Å². The summed E-state index contributed by atoms with van der Waals surface area (Å²) in [7, 11) is -3.25. The number of aromatic nitrogens is 1. The Morgan fingerprint density at radius 2 is 1.66 bits per heavy atom. The van der Waals surface area contributed by atoms with Crippen LogP contribution in [0.25, 0.3) is 0 Å². The van der Waals surface area contributed by atoms with Crippen LogP contribution in [0.2, 0.25) is 0 Å². The van der Waals surface area contributed by atoms with E-state index in [1.807, 2.05) is 60.8 Å². The van der Waals surface area contributed by atoms with E-state index in [0.29, 0.717) is 18.0 Å². The van der Waals surface area contributed by atoms with Crippen LogP contribution in [0.4, 0.5) is 5.13 Å². The summed E-state index contributed by atoms with van der Waals surface area (Å²) in [4.78, 5) is 18.9. The molecule has 7 rings (SSSR count). The van der Waals surface area contributed by atoms with Crippen molar-refractivity contribution in [2.24, 2.45) is 5.41 Å². The molecule has 38 heavy (non-hydrogen) atoms. The van der Waals surface area contributed by atoms with Gasteiger partial charge in [0, 0.05) is 24.0 Å². The van der Waals surface area contributed by atoms with E-state index in [4.69, 9.17) is 0 Å². The molecule has 3 aliphatic carbocycles. The first-order valence-electron chi connectivity index (χ1n) is 12.3. The Morgan fingerprint density at radius 1 is 1.05 bits per heavy atom. The second-order valence-electron chi connectivity index (χ2n) is 10.4. The lowest BCUT2D eigenvalue weighted by atomic mass is 9.47. The predicted octanol–water partition coefficient (Wildman–Crippen LogP) is 5.44. The topological polar surface area (TPSA) is 99.9 Å². The summed E-state index contributed by atoms with van der Waals surface area (Å²) < 4.78 is 23.4. The Bertz CT molecular complexity index is 1690. The molecule has 8 heteroatoms. The Balaban J connectivity index is 1.29. The lowest BCUT2D eigenvalue weighted by Crippen LogP contribution is -2.53. The Labute approximate surface area is 225 Å². The molecule has 0 radical (unpaired) electrons. The van der Waals surface area contributed by atoms with E-state index in [0.717, 1.165) is 33.5 Å². The molecule has 1 unspecified atom stereocenters. The van der Waals surface area contributed by atoms with Gasteiger partial charge in [0.1, 0.15) is 5.41 Å². The molecule has 1 heterocycles. The fourth-order valence-electron chi connectivity index (χ4n) is 6.24. The largest absolute Gasteiger partial charge is 0.301 e. The third kappa shape index (κ3) is 3.69. The molecule has 3 aromatic carbocycles. The van der Waals surface area contributed by atoms with Crippen molar-refractivity contribution < 1.29 is 13.2 Å². The number of rotatable bonds is 5. The highest BCUT2D eigenvalue weighted by molar-refractivity contribution is 7.90. The highest BCUT2D eigenvalue weighted by Crippen LogP contribution is 2.63. The van der Waals surface area contributed by atoms with Crippen LogP contribution in [-0.2, 0) is 26.5 Å². The quantitative estimate of drug-likeness (QED) is 0.364. The SMILES string of the molecule is CC1(C(=O)Nc2nc(Cc3ccc(S(C)(=O)=O)cc3)cs2)CC2(C#N)c3ccccc3C1c1ccccc12. The van der Waals surface area contributed by atoms with Crippen molar-refractivity contribution in [1.29, 1.82) is 5.26 Å². The number of benzene rings is 3. The Hall–Kier alpha value is -3.80. The first-order chi connectivity index (χ1) is 18.2. The second kappa shape index (κ2) is 8.62. The van der Waals surface area contributed by atoms with Crippen LogP contribution in [0.15, 0.2) is 83.1 Å². The molecule has 2 bridgehead atoms. The normalized spacial score (nSPS) is 23.2. The lowest BCUT2D eigenvalue weighted by molar-refractivity contribution is -0.127. The zero-order chi connectivity index (χ0) is 26.7. The molecule has 1 aromatic heterocycles. The summed E-state index contributed by atoms with van der Waals surface area (Å²) in [5.74, 6) is -0.317. The molecule has 0 aliphatic heterocycles. The van der Waals surface area contributed by atoms with Crippen LogP contribution in [0.5, 0.6) is 0 Å². The molecule has 190 valence electrons. The van der Waals surface area contributed by atoms with Gasteiger partial charge < -0.3 is 5.32 Å². The molecule has 6 nitrogen and oxygen atoms in total. The average molecular weight is 540 g/mol. The van der Waals surface area contributed by atoms with Crippen molar-refractivity contribution in [3.05, 3.63) is 112 Å². The number of hydrogen-bond donors (Lipinski definition) is 1. The van der Waals surface area contributed by atoms with Crippen molar-refractivity contribution in [3.63, 3.8) is 0 Å². The van der Waals surface area contributed by atoms with Crippen LogP contribution >= 0.6 is 11.3 Å². The monoisotopic (exact) mass is 539 g/mol. The number of fused-ring (bicyclic) bond motifs is 1. The van der Waals surface area contributed by atoms with Crippen molar-refractivity contribution in [3.8, 4) is 6.07 Å². The van der Waals surface area contributed by atoms with Crippen molar-refractivity contribution in [2.75, 3.05) is 11.6 Å². The first-order valence-corrected chi connectivity index (χ1v) is 15.1. The van der Waals surface area contributed by atoms with Gasteiger partial charge in [-0.15, -0.1) is 11.3 Å². The molecule has 1 N–H and O–H groups in total. The van der Waals surface area contributed by atoms with Gasteiger partial charge in [0.2, 0.25) is 5.91 Å². The van der Waals surface area contributed by atoms with Crippen LogP contribution in [0.3, 0.4) is 0 Å². The number of nitrogens with zero attached hydrogens (tertiary/aromatic N) is 2. The minimum atomic E-state index is -3.25. The summed E-state index contributed by atoms with van der Waals surface area (Å²) in [5, 5.41) is 16.0. The number of nitriles is 1. The fourth-order valence-corrected chi connectivity index (χ4v) is 7.57. The maximum absolute atomic E-state index is 13.9. The van der Waals surface area contributed by atoms with Crippen LogP contribution < -0.4 is 5.32 Å². The average Bonchev–Trinajstić information content (AvgIpc) is 3.35. The lowest BCUT2D eigenvalue weighted by Gasteiger charge is -2.54. The number of anilines is 1. The Morgan fingerprint density at radius 3 is 2.24 bits per heavy atom. The van der Waals surface area contributed by atoms with Gasteiger partial charge in [-0.05, 0) is 53.3 Å². The van der Waals surface area contributed by atoms with Crippen molar-refractivity contribution in [2.45, 2.75) is 36.0 Å². The van der Waals surface area contributed by atoms with Gasteiger partial charge >= 0.3 is 0 Å². The Kier molecular flexibility index (Phi) is 5.56. The molecule has 3 aliphatic rings. The van der Waals surface area contributed by atoms with Crippen molar-refractivity contribution in [1.82, 2.24) is 4.98 Å². The number of carbonyl (C=O) groups is 1. The summed E-state index contributed by atoms with van der Waals surface area (Å²) in [6.45, 7) is 1.96. The van der Waals surface area contributed by atoms with Gasteiger partial charge in [0.15, 0.2) is 15.0 Å². The fraction of sp³-hybridized carbons (Fsp3) is 0.233. The number of sulfone groups is 1. The number of amides is 1. The number of nitrogens with one attached hydrogen (secondary N) is 1. The van der Waals surface area contributed by atoms with Gasteiger partial charge in [0.05, 0.1) is 22.1 Å². The van der Waals surface area contributed by atoms with E-state index < -0.39 is 20.7 Å². The summed E-state index contributed by atoms with van der Waals surface area (Å²) in [6.07, 6.45) is 2.10. The van der Waals surface area contributed by atoms with Gasteiger partial charge in [-0.1, -0.05) is 60.7 Å². The zero-order valence-electron chi connectivity index (χ0n) is 20.9. The molecular formula is C30H25N3O3S2. The number of hydrogen-bond acceptors (Lipinski definition) is 6. The van der Waals surface area contributed by atoms with E-state index in [2.05, 4.69) is 16.4 Å². The second-order valence-corrected chi connectivity index (χ2v) is 13.3. The van der Waals surface area contributed by atoms with Crippen LogP contribution in [0.1, 0.15) is 52.8 Å². The third-order valence-corrected chi connectivity index (χ3v) is 9.89. The van der Waals surface area contributed by atoms with E-state index in [-0.39, 0.29) is 16.7 Å². The van der Waals surface area contributed by atoms with Crippen LogP contribution in [-0.4, -0.2) is 25.6 Å². The van der Waals surface area contributed by atoms with Crippen molar-refractivity contribution >= 4 is 32.2 Å². The molecule has 0 saturated carbocycles. The van der Waals surface area contributed by atoms with Gasteiger partial charge in [-0.3, -0.25) is 4.79 Å². The molecule has 1 amide bonds. The smallest absolute Gasteiger partial charge is 0.233 e. The molecule has 1 atom stereocenters. The summed E-state index contributed by atoms with van der Waals surface area (Å²) >= 11 is 1.36. The van der Waals surface area contributed by atoms with E-state index in [9.17, 15) is 18.5 Å². The minimum Gasteiger partial charge on any atom is -0.301 e. The number of carbonyl (C=O) groups excluding carboxylic acids is 1. The zero-order valence-corrected chi connectivity index (χ0v) is 22.6. The highest BCUT2D eigenvalue weighted by Gasteiger charge is 2.61. The maximum atomic E-state index is 13.9. The maximum Gasteiger partial charge on any atom is 0.233 e. The van der Waals surface area contributed by atoms with E-state index in [1.54, 1.807) is 24.3 Å². The third-order valence-electron chi connectivity index (χ3n) is 7.95. The first kappa shape index (κ1) is 24.5. The highest BCUT2D eigenvalue weighted by atomic mass is 32.2.